The molecular formula is C80H60N4. The monoisotopic (exact) mass is 1080 g/mol. The van der Waals surface area contributed by atoms with E-state index in [1.54, 1.807) is 0 Å². The molecule has 1 aliphatic carbocycles. The molecule has 15 aromatic rings. The molecule has 2 heterocycles. The molecule has 0 unspecified atom stereocenters. The minimum Gasteiger partial charge on any atom is -0.244 e. The second-order valence-corrected chi connectivity index (χ2v) is 23.9. The van der Waals surface area contributed by atoms with Gasteiger partial charge in [-0.2, -0.15) is 0 Å². The molecule has 0 N–H and O–H groups in total. The summed E-state index contributed by atoms with van der Waals surface area (Å²) in [5, 5.41) is 9.19. The molecule has 2 aromatic heterocycles. The molecular weight excluding hydrogens is 1020 g/mol. The minimum absolute atomic E-state index is 0.249. The molecule has 1 aliphatic rings. The van der Waals surface area contributed by atoms with Gasteiger partial charge >= 0.3 is 0 Å². The van der Waals surface area contributed by atoms with Crippen molar-refractivity contribution in [3.8, 4) is 66.8 Å². The van der Waals surface area contributed by atoms with Gasteiger partial charge in [0.15, 0.2) is 0 Å². The van der Waals surface area contributed by atoms with Crippen molar-refractivity contribution in [2.45, 2.75) is 67.2 Å². The first-order valence-corrected chi connectivity index (χ1v) is 29.6. The topological polar surface area (TPSA) is 51.6 Å². The first-order chi connectivity index (χ1) is 40.9. The molecule has 16 rings (SSSR count). The van der Waals surface area contributed by atoms with Crippen LogP contribution < -0.4 is 0 Å². The molecule has 0 saturated heterocycles. The molecule has 0 bridgehead atoms. The summed E-state index contributed by atoms with van der Waals surface area (Å²) in [7, 11) is 0. The number of hydrogen-bond acceptors (Lipinski definition) is 4. The lowest BCUT2D eigenvalue weighted by Gasteiger charge is -2.32. The Hall–Kier alpha value is -9.90. The number of hydrogen-bond donors (Lipinski definition) is 0. The van der Waals surface area contributed by atoms with Crippen LogP contribution >= 0.6 is 0 Å². The quantitative estimate of drug-likeness (QED) is 0.127. The van der Waals surface area contributed by atoms with Crippen molar-refractivity contribution < 1.29 is 0 Å². The summed E-state index contributed by atoms with van der Waals surface area (Å²) in [4.78, 5) is 22.6. The minimum atomic E-state index is 0.249. The van der Waals surface area contributed by atoms with Gasteiger partial charge in [0.2, 0.25) is 0 Å². The van der Waals surface area contributed by atoms with E-state index in [0.29, 0.717) is 0 Å². The van der Waals surface area contributed by atoms with Gasteiger partial charge in [-0.25, -0.2) is 19.9 Å². The summed E-state index contributed by atoms with van der Waals surface area (Å²) in [5.74, 6) is 0.501. The third-order valence-corrected chi connectivity index (χ3v) is 19.5. The number of rotatable bonds is 5. The van der Waals surface area contributed by atoms with Crippen molar-refractivity contribution >= 4 is 87.2 Å². The van der Waals surface area contributed by atoms with Crippen LogP contribution in [0.15, 0.2) is 206 Å². The summed E-state index contributed by atoms with van der Waals surface area (Å²) < 4.78 is 0. The van der Waals surface area contributed by atoms with Crippen molar-refractivity contribution in [1.82, 2.24) is 19.9 Å². The average Bonchev–Trinajstić information content (AvgIpc) is 0.905. The highest BCUT2D eigenvalue weighted by molar-refractivity contribution is 6.26. The predicted molar refractivity (Wildman–Crippen MR) is 356 cm³/mol. The van der Waals surface area contributed by atoms with Crippen molar-refractivity contribution in [2.75, 3.05) is 0 Å². The highest BCUT2D eigenvalue weighted by Crippen LogP contribution is 2.50. The van der Waals surface area contributed by atoms with Gasteiger partial charge in [0.05, 0.1) is 44.1 Å². The second-order valence-electron chi connectivity index (χ2n) is 23.9. The molecule has 0 radical (unpaired) electrons. The highest BCUT2D eigenvalue weighted by Gasteiger charge is 2.30. The molecule has 0 fully saturated rings. The number of fused-ring (bicyclic) bond motifs is 17. The molecule has 0 spiro atoms. The maximum atomic E-state index is 5.78. The number of benzene rings is 13. The van der Waals surface area contributed by atoms with Gasteiger partial charge < -0.3 is 0 Å². The highest BCUT2D eigenvalue weighted by atomic mass is 14.8. The number of aromatic nitrogens is 4. The molecule has 84 heavy (non-hydrogen) atoms. The first kappa shape index (κ1) is 49.9. The smallest absolute Gasteiger partial charge is 0.0980 e. The predicted octanol–water partition coefficient (Wildman–Crippen LogP) is 21.6. The average molecular weight is 1080 g/mol. The Bertz CT molecular complexity index is 5380. The van der Waals surface area contributed by atoms with Crippen LogP contribution in [0.1, 0.15) is 70.2 Å². The lowest BCUT2D eigenvalue weighted by Crippen LogP contribution is -2.13. The van der Waals surface area contributed by atoms with Crippen LogP contribution in [0.4, 0.5) is 0 Å². The van der Waals surface area contributed by atoms with Crippen LogP contribution in [0.25, 0.3) is 154 Å². The maximum Gasteiger partial charge on any atom is 0.0980 e. The van der Waals surface area contributed by atoms with E-state index in [4.69, 9.17) is 19.9 Å². The number of aryl methyl sites for hydroxylation is 3. The largest absolute Gasteiger partial charge is 0.244 e. The van der Waals surface area contributed by atoms with Crippen LogP contribution in [-0.2, 0) is 0 Å². The summed E-state index contributed by atoms with van der Waals surface area (Å²) in [6.07, 6.45) is 0. The van der Waals surface area contributed by atoms with E-state index in [1.165, 1.54) is 111 Å². The summed E-state index contributed by atoms with van der Waals surface area (Å²) >= 11 is 0. The zero-order valence-corrected chi connectivity index (χ0v) is 48.6. The molecule has 2 atom stereocenters. The number of para-hydroxylation sites is 2. The second kappa shape index (κ2) is 18.8. The van der Waals surface area contributed by atoms with Crippen LogP contribution in [0.2, 0.25) is 0 Å². The lowest BCUT2D eigenvalue weighted by atomic mass is 9.72. The SMILES string of the molecule is Cc1cccc(-c2ccc3c4ccccc4c4nc5c(-c6ccc7c(c6)[C@H](C)[C@H](C)c6cc(-c8cccc9nc%10c%11cc(-c%12cccc(C)c%12C)ccc%11c%11ccc(-c%12cccc(C)c%12C)cc%11c%10nc89)ccc6-7)cccc5nc4c3c2)c1C. The maximum absolute atomic E-state index is 5.78. The molecule has 0 amide bonds. The van der Waals surface area contributed by atoms with E-state index in [9.17, 15) is 0 Å². The third kappa shape index (κ3) is 7.52. The van der Waals surface area contributed by atoms with Crippen LogP contribution in [0, 0.1) is 41.5 Å². The normalized spacial score (nSPS) is 14.2. The van der Waals surface area contributed by atoms with Crippen molar-refractivity contribution in [1.29, 1.82) is 0 Å². The molecule has 4 heteroatoms. The van der Waals surface area contributed by atoms with Gasteiger partial charge in [-0.3, -0.25) is 0 Å². The Labute approximate surface area is 489 Å². The molecule has 13 aromatic carbocycles. The van der Waals surface area contributed by atoms with Crippen molar-refractivity contribution in [3.05, 3.63) is 251 Å². The van der Waals surface area contributed by atoms with E-state index in [1.807, 2.05) is 0 Å². The van der Waals surface area contributed by atoms with Gasteiger partial charge in [0.1, 0.15) is 0 Å². The van der Waals surface area contributed by atoms with Gasteiger partial charge in [0, 0.05) is 32.7 Å². The molecule has 0 aliphatic heterocycles. The molecule has 4 nitrogen and oxygen atoms in total. The zero-order chi connectivity index (χ0) is 56.8. The van der Waals surface area contributed by atoms with E-state index >= 15 is 0 Å². The third-order valence-electron chi connectivity index (χ3n) is 19.5. The summed E-state index contributed by atoms with van der Waals surface area (Å²) in [5.41, 5.74) is 32.0. The zero-order valence-electron chi connectivity index (χ0n) is 48.6. The van der Waals surface area contributed by atoms with Gasteiger partial charge in [-0.05, 0) is 205 Å². The molecule has 0 saturated carbocycles. The van der Waals surface area contributed by atoms with Crippen LogP contribution in [-0.4, -0.2) is 19.9 Å². The molecule has 400 valence electrons. The van der Waals surface area contributed by atoms with Gasteiger partial charge in [0.25, 0.3) is 0 Å². The van der Waals surface area contributed by atoms with Crippen LogP contribution in [0.5, 0.6) is 0 Å². The van der Waals surface area contributed by atoms with E-state index in [-0.39, 0.29) is 11.8 Å². The lowest BCUT2D eigenvalue weighted by molar-refractivity contribution is 0.616. The van der Waals surface area contributed by atoms with Crippen LogP contribution in [0.3, 0.4) is 0 Å². The van der Waals surface area contributed by atoms with Gasteiger partial charge in [-0.15, -0.1) is 0 Å². The summed E-state index contributed by atoms with van der Waals surface area (Å²) in [6, 6.07) is 76.3. The van der Waals surface area contributed by atoms with E-state index < -0.39 is 0 Å². The first-order valence-electron chi connectivity index (χ1n) is 29.6. The Morgan fingerprint density at radius 3 is 0.976 bits per heavy atom. The fourth-order valence-corrected chi connectivity index (χ4v) is 14.2. The summed E-state index contributed by atoms with van der Waals surface area (Å²) in [6.45, 7) is 18.0. The van der Waals surface area contributed by atoms with Gasteiger partial charge in [-0.1, -0.05) is 190 Å². The fraction of sp³-hybridized carbons (Fsp3) is 0.125. The number of nitrogens with zero attached hydrogens (tertiary/aromatic N) is 4. The Balaban J connectivity index is 0.824. The Kier molecular flexibility index (Phi) is 11.2. The van der Waals surface area contributed by atoms with Crippen molar-refractivity contribution in [3.63, 3.8) is 0 Å². The van der Waals surface area contributed by atoms with E-state index in [0.717, 1.165) is 87.9 Å². The van der Waals surface area contributed by atoms with E-state index in [2.05, 4.69) is 262 Å². The fourth-order valence-electron chi connectivity index (χ4n) is 14.2. The standard InChI is InChI=1S/C80H60N4/c1-43-16-11-21-56(46(43)4)51-28-35-64-61-19-9-10-20-67(61)77-78(70(64)40-51)81-73-26-14-24-59(75(73)83-77)54-31-33-62-63-34-32-55(39-69(63)50(8)49(7)68(62)38-54)60-25-15-27-74-76(60)84-80-72-42-53(58-23-13-18-45(3)48(58)6)30-37-66(72)65-36-29-52(41-71(65)79(80)82-74)57-22-12-17-44(2)47(57)5/h9-42,49-50H,1-8H3/t49-,50+/m1/s1. The Morgan fingerprint density at radius 2 is 0.560 bits per heavy atom. The van der Waals surface area contributed by atoms with Crippen molar-refractivity contribution in [2.24, 2.45) is 0 Å². The Morgan fingerprint density at radius 1 is 0.238 bits per heavy atom.